The number of para-hydroxylation sites is 1. The van der Waals surface area contributed by atoms with E-state index < -0.39 is 0 Å². The van der Waals surface area contributed by atoms with E-state index in [1.165, 1.54) is 10.9 Å². The lowest BCUT2D eigenvalue weighted by molar-refractivity contribution is -0.166. The Morgan fingerprint density at radius 2 is 2.00 bits per heavy atom. The number of hydrogen-bond donors (Lipinski definition) is 1. The van der Waals surface area contributed by atoms with Crippen molar-refractivity contribution in [3.05, 3.63) is 36.0 Å². The molecule has 148 valence electrons. The van der Waals surface area contributed by atoms with E-state index in [1.54, 1.807) is 0 Å². The predicted molar refractivity (Wildman–Crippen MR) is 109 cm³/mol. The molecule has 1 N–H and O–H groups in total. The minimum absolute atomic E-state index is 0.0228. The number of esters is 1. The molecule has 4 nitrogen and oxygen atoms in total. The summed E-state index contributed by atoms with van der Waals surface area (Å²) in [5.74, 6) is 0.921. The minimum atomic E-state index is -0.0991. The van der Waals surface area contributed by atoms with Crippen LogP contribution in [-0.4, -0.2) is 29.3 Å². The molecule has 1 saturated heterocycles. The molecule has 0 radical (unpaired) electrons. The van der Waals surface area contributed by atoms with Gasteiger partial charge < -0.3 is 14.5 Å². The van der Waals surface area contributed by atoms with Gasteiger partial charge in [0, 0.05) is 36.4 Å². The Hall–Kier alpha value is -1.81. The van der Waals surface area contributed by atoms with E-state index >= 15 is 0 Å². The van der Waals surface area contributed by atoms with Crippen LogP contribution in [-0.2, 0) is 20.7 Å². The number of nitrogens with one attached hydrogen (secondary N) is 1. The highest BCUT2D eigenvalue weighted by molar-refractivity contribution is 5.83. The number of aryl methyl sites for hydroxylation is 1. The molecule has 0 saturated carbocycles. The molecule has 1 aromatic carbocycles. The van der Waals surface area contributed by atoms with Gasteiger partial charge in [0.05, 0.1) is 12.2 Å². The molecule has 0 bridgehead atoms. The predicted octanol–water partition coefficient (Wildman–Crippen LogP) is 5.26. The van der Waals surface area contributed by atoms with Crippen molar-refractivity contribution in [2.75, 3.05) is 0 Å². The SMILES string of the molecule is CC(C)C[C@@H]1C[C@H](OC(=O)CCc2c[nH]c3ccccc23)C[C@H](C(C)C)O1. The third-order valence-corrected chi connectivity index (χ3v) is 5.44. The summed E-state index contributed by atoms with van der Waals surface area (Å²) in [5, 5.41) is 1.19. The number of hydrogen-bond acceptors (Lipinski definition) is 3. The van der Waals surface area contributed by atoms with E-state index in [0.717, 1.165) is 24.8 Å². The number of benzene rings is 1. The summed E-state index contributed by atoms with van der Waals surface area (Å²) in [6, 6.07) is 8.19. The number of ether oxygens (including phenoxy) is 2. The van der Waals surface area contributed by atoms with Crippen LogP contribution in [0.5, 0.6) is 0 Å². The van der Waals surface area contributed by atoms with Gasteiger partial charge in [-0.25, -0.2) is 0 Å². The Balaban J connectivity index is 1.55. The molecule has 1 aliphatic rings. The van der Waals surface area contributed by atoms with Gasteiger partial charge in [-0.15, -0.1) is 0 Å². The largest absolute Gasteiger partial charge is 0.462 e. The second kappa shape index (κ2) is 8.92. The molecule has 3 atom stereocenters. The second-order valence-corrected chi connectivity index (χ2v) is 8.61. The van der Waals surface area contributed by atoms with E-state index in [2.05, 4.69) is 44.8 Å². The molecule has 3 rings (SSSR count). The van der Waals surface area contributed by atoms with Gasteiger partial charge in [0.1, 0.15) is 6.10 Å². The summed E-state index contributed by atoms with van der Waals surface area (Å²) in [5.41, 5.74) is 2.29. The molecule has 4 heteroatoms. The monoisotopic (exact) mass is 371 g/mol. The molecule has 1 aromatic heterocycles. The van der Waals surface area contributed by atoms with Crippen molar-refractivity contribution in [2.45, 2.75) is 78.1 Å². The van der Waals surface area contributed by atoms with Crippen LogP contribution >= 0.6 is 0 Å². The van der Waals surface area contributed by atoms with Crippen LogP contribution in [0, 0.1) is 11.8 Å². The normalized spacial score (nSPS) is 23.3. The molecule has 0 spiro atoms. The van der Waals surface area contributed by atoms with Gasteiger partial charge in [-0.3, -0.25) is 4.79 Å². The molecular formula is C23H33NO3. The Kier molecular flexibility index (Phi) is 6.59. The van der Waals surface area contributed by atoms with E-state index in [4.69, 9.17) is 9.47 Å². The Labute approximate surface area is 162 Å². The number of carbonyl (C=O) groups excluding carboxylic acids is 1. The van der Waals surface area contributed by atoms with Gasteiger partial charge >= 0.3 is 5.97 Å². The first kappa shape index (κ1) is 19.9. The second-order valence-electron chi connectivity index (χ2n) is 8.61. The smallest absolute Gasteiger partial charge is 0.306 e. The fourth-order valence-corrected chi connectivity index (χ4v) is 4.03. The standard InChI is InChI=1S/C23H33NO3/c1-15(2)11-18-12-19(13-22(26-18)16(3)4)27-23(25)10-9-17-14-24-21-8-6-5-7-20(17)21/h5-8,14-16,18-19,22,24H,9-13H2,1-4H3/t18-,19+,22-/m1/s1. The van der Waals surface area contributed by atoms with Crippen LogP contribution < -0.4 is 0 Å². The first-order chi connectivity index (χ1) is 12.9. The van der Waals surface area contributed by atoms with Gasteiger partial charge in [-0.2, -0.15) is 0 Å². The van der Waals surface area contributed by atoms with Crippen LogP contribution in [0.1, 0.15) is 58.9 Å². The maximum atomic E-state index is 12.5. The topological polar surface area (TPSA) is 51.3 Å². The summed E-state index contributed by atoms with van der Waals surface area (Å²) in [4.78, 5) is 15.7. The van der Waals surface area contributed by atoms with Crippen LogP contribution in [0.2, 0.25) is 0 Å². The Morgan fingerprint density at radius 1 is 1.22 bits per heavy atom. The van der Waals surface area contributed by atoms with Crippen molar-refractivity contribution < 1.29 is 14.3 Å². The van der Waals surface area contributed by atoms with Crippen LogP contribution in [0.4, 0.5) is 0 Å². The lowest BCUT2D eigenvalue weighted by Gasteiger charge is -2.37. The first-order valence-corrected chi connectivity index (χ1v) is 10.3. The quantitative estimate of drug-likeness (QED) is 0.675. The summed E-state index contributed by atoms with van der Waals surface area (Å²) in [6.07, 6.45) is 6.12. The van der Waals surface area contributed by atoms with Crippen molar-refractivity contribution in [1.82, 2.24) is 4.98 Å². The summed E-state index contributed by atoms with van der Waals surface area (Å²) in [7, 11) is 0. The van der Waals surface area contributed by atoms with Gasteiger partial charge in [0.25, 0.3) is 0 Å². The Morgan fingerprint density at radius 3 is 2.74 bits per heavy atom. The summed E-state index contributed by atoms with van der Waals surface area (Å²) >= 11 is 0. The van der Waals surface area contributed by atoms with E-state index in [-0.39, 0.29) is 24.3 Å². The van der Waals surface area contributed by atoms with Crippen molar-refractivity contribution in [1.29, 1.82) is 0 Å². The zero-order valence-electron chi connectivity index (χ0n) is 17.0. The average molecular weight is 372 g/mol. The molecular weight excluding hydrogens is 338 g/mol. The van der Waals surface area contributed by atoms with Crippen molar-refractivity contribution in [3.63, 3.8) is 0 Å². The first-order valence-electron chi connectivity index (χ1n) is 10.3. The fourth-order valence-electron chi connectivity index (χ4n) is 4.03. The number of aromatic amines is 1. The van der Waals surface area contributed by atoms with Crippen molar-refractivity contribution in [2.24, 2.45) is 11.8 Å². The number of fused-ring (bicyclic) bond motifs is 1. The zero-order chi connectivity index (χ0) is 19.4. The average Bonchev–Trinajstić information content (AvgIpc) is 3.02. The van der Waals surface area contributed by atoms with E-state index in [1.807, 2.05) is 18.3 Å². The maximum absolute atomic E-state index is 12.5. The third kappa shape index (κ3) is 5.35. The van der Waals surface area contributed by atoms with Crippen LogP contribution in [0.15, 0.2) is 30.5 Å². The lowest BCUT2D eigenvalue weighted by Crippen LogP contribution is -2.40. The molecule has 2 aromatic rings. The third-order valence-electron chi connectivity index (χ3n) is 5.44. The number of carbonyl (C=O) groups is 1. The highest BCUT2D eigenvalue weighted by Crippen LogP contribution is 2.30. The molecule has 0 aliphatic carbocycles. The van der Waals surface area contributed by atoms with E-state index in [9.17, 15) is 4.79 Å². The molecule has 27 heavy (non-hydrogen) atoms. The fraction of sp³-hybridized carbons (Fsp3) is 0.609. The lowest BCUT2D eigenvalue weighted by atomic mass is 9.91. The highest BCUT2D eigenvalue weighted by Gasteiger charge is 2.33. The number of H-pyrrole nitrogens is 1. The van der Waals surface area contributed by atoms with Gasteiger partial charge in [-0.05, 0) is 36.3 Å². The van der Waals surface area contributed by atoms with Crippen LogP contribution in [0.3, 0.4) is 0 Å². The van der Waals surface area contributed by atoms with Gasteiger partial charge in [0.2, 0.25) is 0 Å². The minimum Gasteiger partial charge on any atom is -0.462 e. The van der Waals surface area contributed by atoms with E-state index in [0.29, 0.717) is 24.7 Å². The molecule has 1 aliphatic heterocycles. The summed E-state index contributed by atoms with van der Waals surface area (Å²) < 4.78 is 12.1. The van der Waals surface area contributed by atoms with Crippen LogP contribution in [0.25, 0.3) is 10.9 Å². The zero-order valence-corrected chi connectivity index (χ0v) is 17.0. The number of rotatable bonds is 7. The summed E-state index contributed by atoms with van der Waals surface area (Å²) in [6.45, 7) is 8.78. The molecule has 1 fully saturated rings. The maximum Gasteiger partial charge on any atom is 0.306 e. The highest BCUT2D eigenvalue weighted by atomic mass is 16.6. The number of aromatic nitrogens is 1. The van der Waals surface area contributed by atoms with Gasteiger partial charge in [-0.1, -0.05) is 45.9 Å². The Bertz CT molecular complexity index is 749. The molecule has 0 unspecified atom stereocenters. The van der Waals surface area contributed by atoms with Crippen molar-refractivity contribution in [3.8, 4) is 0 Å². The molecule has 2 heterocycles. The van der Waals surface area contributed by atoms with Gasteiger partial charge in [0.15, 0.2) is 0 Å². The van der Waals surface area contributed by atoms with Crippen molar-refractivity contribution >= 4 is 16.9 Å². The molecule has 0 amide bonds.